The highest BCUT2D eigenvalue weighted by molar-refractivity contribution is 5.44. The Morgan fingerprint density at radius 2 is 2.36 bits per heavy atom. The average molecular weight is 150 g/mol. The Morgan fingerprint density at radius 1 is 1.64 bits per heavy atom. The van der Waals surface area contributed by atoms with Gasteiger partial charge in [-0.05, 0) is 18.9 Å². The molecule has 1 rings (SSSR count). The second-order valence-corrected chi connectivity index (χ2v) is 3.02. The van der Waals surface area contributed by atoms with Gasteiger partial charge in [-0.2, -0.15) is 0 Å². The molecular formula is C9H14N2. The van der Waals surface area contributed by atoms with Crippen LogP contribution >= 0.6 is 0 Å². The van der Waals surface area contributed by atoms with Gasteiger partial charge in [-0.15, -0.1) is 0 Å². The fourth-order valence-electron chi connectivity index (χ4n) is 0.739. The Kier molecular flexibility index (Phi) is 2.47. The minimum atomic E-state index is 0.597. The molecule has 0 radical (unpaired) electrons. The predicted octanol–water partition coefficient (Wildman–Crippen LogP) is 2.47. The molecule has 1 N–H and O–H groups in total. The van der Waals surface area contributed by atoms with Crippen molar-refractivity contribution in [2.45, 2.75) is 20.8 Å². The minimum Gasteiger partial charge on any atom is -0.345 e. The summed E-state index contributed by atoms with van der Waals surface area (Å²) in [7, 11) is 0. The second-order valence-electron chi connectivity index (χ2n) is 3.02. The van der Waals surface area contributed by atoms with E-state index >= 15 is 0 Å². The topological polar surface area (TPSA) is 28.7 Å². The Balaban J connectivity index is 2.74. The smallest absolute Gasteiger partial charge is 0.129 e. The van der Waals surface area contributed by atoms with Crippen LogP contribution in [0.3, 0.4) is 0 Å². The summed E-state index contributed by atoms with van der Waals surface area (Å²) in [6.45, 7) is 6.47. The number of rotatable bonds is 2. The van der Waals surface area contributed by atoms with E-state index in [1.54, 1.807) is 6.20 Å². The third kappa shape index (κ3) is 2.22. The maximum absolute atomic E-state index is 4.11. The van der Waals surface area contributed by atoms with Crippen LogP contribution in [0, 0.1) is 5.92 Å². The summed E-state index contributed by atoms with van der Waals surface area (Å²) >= 11 is 0. The normalized spacial score (nSPS) is 12.5. The van der Waals surface area contributed by atoms with Gasteiger partial charge < -0.3 is 4.98 Å². The predicted molar refractivity (Wildman–Crippen MR) is 47.1 cm³/mol. The van der Waals surface area contributed by atoms with Crippen molar-refractivity contribution in [3.63, 3.8) is 0 Å². The SMILES string of the molecule is C/C(=C\c1ncc[nH]1)C(C)C. The van der Waals surface area contributed by atoms with Gasteiger partial charge in [-0.1, -0.05) is 19.4 Å². The van der Waals surface area contributed by atoms with Crippen LogP contribution in [0.2, 0.25) is 0 Å². The van der Waals surface area contributed by atoms with Gasteiger partial charge in [0.15, 0.2) is 0 Å². The van der Waals surface area contributed by atoms with E-state index < -0.39 is 0 Å². The molecule has 60 valence electrons. The highest BCUT2D eigenvalue weighted by atomic mass is 14.9. The van der Waals surface area contributed by atoms with Crippen LogP contribution in [0.4, 0.5) is 0 Å². The number of nitrogens with one attached hydrogen (secondary N) is 1. The van der Waals surface area contributed by atoms with Crippen LogP contribution in [0.1, 0.15) is 26.6 Å². The number of hydrogen-bond donors (Lipinski definition) is 1. The molecule has 2 nitrogen and oxygen atoms in total. The molecule has 0 aliphatic rings. The Morgan fingerprint density at radius 3 is 2.82 bits per heavy atom. The van der Waals surface area contributed by atoms with Gasteiger partial charge in [0.1, 0.15) is 5.82 Å². The van der Waals surface area contributed by atoms with E-state index in [1.807, 2.05) is 6.20 Å². The molecule has 0 atom stereocenters. The van der Waals surface area contributed by atoms with Gasteiger partial charge in [-0.3, -0.25) is 0 Å². The largest absolute Gasteiger partial charge is 0.345 e. The highest BCUT2D eigenvalue weighted by Gasteiger charge is 1.96. The lowest BCUT2D eigenvalue weighted by Crippen LogP contribution is -1.88. The van der Waals surface area contributed by atoms with E-state index in [2.05, 4.69) is 36.8 Å². The number of H-pyrrole nitrogens is 1. The van der Waals surface area contributed by atoms with Crippen LogP contribution in [-0.4, -0.2) is 9.97 Å². The molecule has 0 aromatic carbocycles. The zero-order valence-corrected chi connectivity index (χ0v) is 7.26. The summed E-state index contributed by atoms with van der Waals surface area (Å²) in [5.41, 5.74) is 1.35. The zero-order chi connectivity index (χ0) is 8.27. The molecule has 1 aromatic heterocycles. The summed E-state index contributed by atoms with van der Waals surface area (Å²) in [5, 5.41) is 0. The molecule has 1 heterocycles. The summed E-state index contributed by atoms with van der Waals surface area (Å²) < 4.78 is 0. The molecule has 0 bridgehead atoms. The first-order valence-corrected chi connectivity index (χ1v) is 3.87. The Hall–Kier alpha value is -1.05. The maximum atomic E-state index is 4.11. The van der Waals surface area contributed by atoms with Gasteiger partial charge in [0, 0.05) is 12.4 Å². The first-order valence-electron chi connectivity index (χ1n) is 3.87. The monoisotopic (exact) mass is 150 g/mol. The highest BCUT2D eigenvalue weighted by Crippen LogP contribution is 2.10. The molecule has 0 amide bonds. The Labute approximate surface area is 67.4 Å². The van der Waals surface area contributed by atoms with E-state index in [9.17, 15) is 0 Å². The fourth-order valence-corrected chi connectivity index (χ4v) is 0.739. The Bertz CT molecular complexity index is 232. The third-order valence-corrected chi connectivity index (χ3v) is 1.79. The van der Waals surface area contributed by atoms with Crippen LogP contribution < -0.4 is 0 Å². The molecule has 0 aliphatic heterocycles. The summed E-state index contributed by atoms with van der Waals surface area (Å²) in [5.74, 6) is 1.54. The van der Waals surface area contributed by atoms with Gasteiger partial charge in [-0.25, -0.2) is 4.98 Å². The van der Waals surface area contributed by atoms with Crippen molar-refractivity contribution in [3.05, 3.63) is 23.8 Å². The standard InChI is InChI=1S/C9H14N2/c1-7(2)8(3)6-9-10-4-5-11-9/h4-7H,1-3H3,(H,10,11)/b8-6+. The van der Waals surface area contributed by atoms with Crippen molar-refractivity contribution in [3.8, 4) is 0 Å². The maximum Gasteiger partial charge on any atom is 0.129 e. The molecule has 0 aliphatic carbocycles. The molecule has 0 saturated carbocycles. The number of imidazole rings is 1. The molecule has 11 heavy (non-hydrogen) atoms. The third-order valence-electron chi connectivity index (χ3n) is 1.79. The van der Waals surface area contributed by atoms with Crippen molar-refractivity contribution >= 4 is 6.08 Å². The van der Waals surface area contributed by atoms with Gasteiger partial charge in [0.05, 0.1) is 0 Å². The molecular weight excluding hydrogens is 136 g/mol. The van der Waals surface area contributed by atoms with Gasteiger partial charge >= 0.3 is 0 Å². The van der Waals surface area contributed by atoms with Crippen molar-refractivity contribution < 1.29 is 0 Å². The van der Waals surface area contributed by atoms with Gasteiger partial charge in [0.2, 0.25) is 0 Å². The summed E-state index contributed by atoms with van der Waals surface area (Å²) in [6.07, 6.45) is 5.67. The molecule has 0 unspecified atom stereocenters. The lowest BCUT2D eigenvalue weighted by molar-refractivity contribution is 0.775. The van der Waals surface area contributed by atoms with Crippen molar-refractivity contribution in [1.29, 1.82) is 0 Å². The molecule has 0 spiro atoms. The van der Waals surface area contributed by atoms with E-state index in [1.165, 1.54) is 5.57 Å². The minimum absolute atomic E-state index is 0.597. The van der Waals surface area contributed by atoms with Crippen molar-refractivity contribution in [2.75, 3.05) is 0 Å². The van der Waals surface area contributed by atoms with Gasteiger partial charge in [0.25, 0.3) is 0 Å². The van der Waals surface area contributed by atoms with Crippen LogP contribution in [0.25, 0.3) is 6.08 Å². The number of hydrogen-bond acceptors (Lipinski definition) is 1. The van der Waals surface area contributed by atoms with Crippen molar-refractivity contribution in [2.24, 2.45) is 5.92 Å². The molecule has 0 saturated heterocycles. The van der Waals surface area contributed by atoms with E-state index in [0.717, 1.165) is 5.82 Å². The van der Waals surface area contributed by atoms with Crippen LogP contribution in [-0.2, 0) is 0 Å². The summed E-state index contributed by atoms with van der Waals surface area (Å²) in [6, 6.07) is 0. The number of aromatic amines is 1. The number of aromatic nitrogens is 2. The second kappa shape index (κ2) is 3.37. The summed E-state index contributed by atoms with van der Waals surface area (Å²) in [4.78, 5) is 7.14. The number of nitrogens with zero attached hydrogens (tertiary/aromatic N) is 1. The van der Waals surface area contributed by atoms with Crippen LogP contribution in [0.15, 0.2) is 18.0 Å². The molecule has 2 heteroatoms. The quantitative estimate of drug-likeness (QED) is 0.689. The zero-order valence-electron chi connectivity index (χ0n) is 7.26. The lowest BCUT2D eigenvalue weighted by Gasteiger charge is -2.02. The molecule has 1 aromatic rings. The lowest BCUT2D eigenvalue weighted by atomic mass is 10.1. The van der Waals surface area contributed by atoms with E-state index in [0.29, 0.717) is 5.92 Å². The van der Waals surface area contributed by atoms with E-state index in [-0.39, 0.29) is 0 Å². The molecule has 0 fully saturated rings. The van der Waals surface area contributed by atoms with Crippen LogP contribution in [0.5, 0.6) is 0 Å². The first kappa shape index (κ1) is 8.05. The first-order chi connectivity index (χ1) is 5.20. The van der Waals surface area contributed by atoms with Crippen molar-refractivity contribution in [1.82, 2.24) is 9.97 Å². The fraction of sp³-hybridized carbons (Fsp3) is 0.444. The average Bonchev–Trinajstić information content (AvgIpc) is 2.39. The van der Waals surface area contributed by atoms with E-state index in [4.69, 9.17) is 0 Å². The number of allylic oxidation sites excluding steroid dienone is 1.